The molecule has 1 N–H and O–H groups in total. The van der Waals surface area contributed by atoms with E-state index in [-0.39, 0.29) is 0 Å². The van der Waals surface area contributed by atoms with Crippen molar-refractivity contribution in [1.29, 1.82) is 0 Å². The van der Waals surface area contributed by atoms with Crippen molar-refractivity contribution in [2.45, 2.75) is 116 Å². The Morgan fingerprint density at radius 3 is 2.00 bits per heavy atom. The standard InChI is InChI=1S/C21H44O2Si/c1-5-6-7-8-12-15-18-21(23-24(2,3)4)19-16-13-10-9-11-14-17-20-22/h15,18,21-22H,5-14,16-17,19-20H2,1-4H3/b18-15+. The van der Waals surface area contributed by atoms with Crippen molar-refractivity contribution in [2.24, 2.45) is 0 Å². The van der Waals surface area contributed by atoms with Gasteiger partial charge in [-0.25, -0.2) is 0 Å². The maximum absolute atomic E-state index is 8.78. The molecule has 0 bridgehead atoms. The summed E-state index contributed by atoms with van der Waals surface area (Å²) >= 11 is 0. The minimum Gasteiger partial charge on any atom is -0.411 e. The van der Waals surface area contributed by atoms with E-state index in [9.17, 15) is 0 Å². The van der Waals surface area contributed by atoms with Crippen molar-refractivity contribution in [3.05, 3.63) is 12.2 Å². The second-order valence-electron chi connectivity index (χ2n) is 8.03. The first kappa shape index (κ1) is 23.9. The molecule has 0 rings (SSSR count). The average Bonchev–Trinajstić information content (AvgIpc) is 2.51. The summed E-state index contributed by atoms with van der Waals surface area (Å²) in [5.41, 5.74) is 0. The van der Waals surface area contributed by atoms with Crippen molar-refractivity contribution >= 4 is 8.32 Å². The highest BCUT2D eigenvalue weighted by Crippen LogP contribution is 2.17. The molecule has 0 amide bonds. The molecule has 0 saturated carbocycles. The third-order valence-corrected chi connectivity index (χ3v) is 5.24. The zero-order valence-electron chi connectivity index (χ0n) is 17.0. The van der Waals surface area contributed by atoms with Crippen LogP contribution in [-0.2, 0) is 4.43 Å². The number of hydrogen-bond donors (Lipinski definition) is 1. The number of hydrogen-bond acceptors (Lipinski definition) is 2. The van der Waals surface area contributed by atoms with Crippen molar-refractivity contribution in [2.75, 3.05) is 6.61 Å². The highest BCUT2D eigenvalue weighted by molar-refractivity contribution is 6.69. The molecule has 1 atom stereocenters. The lowest BCUT2D eigenvalue weighted by Gasteiger charge is -2.24. The normalized spacial score (nSPS) is 13.7. The fourth-order valence-corrected chi connectivity index (χ4v) is 4.03. The lowest BCUT2D eigenvalue weighted by atomic mass is 10.1. The monoisotopic (exact) mass is 356 g/mol. The molecule has 144 valence electrons. The van der Waals surface area contributed by atoms with Gasteiger partial charge in [0.1, 0.15) is 0 Å². The summed E-state index contributed by atoms with van der Waals surface area (Å²) in [5.74, 6) is 0. The SMILES string of the molecule is CCCCCC/C=C/C(CCCCCCCCCO)O[Si](C)(C)C. The highest BCUT2D eigenvalue weighted by atomic mass is 28.4. The Morgan fingerprint density at radius 1 is 0.833 bits per heavy atom. The molecule has 1 unspecified atom stereocenters. The van der Waals surface area contributed by atoms with Crippen LogP contribution in [0, 0.1) is 0 Å². The van der Waals surface area contributed by atoms with Gasteiger partial charge in [-0.3, -0.25) is 0 Å². The molecule has 24 heavy (non-hydrogen) atoms. The van der Waals surface area contributed by atoms with Gasteiger partial charge >= 0.3 is 0 Å². The van der Waals surface area contributed by atoms with E-state index in [0.717, 1.165) is 6.42 Å². The Hall–Kier alpha value is -0.123. The Labute approximate surface area is 153 Å². The van der Waals surface area contributed by atoms with Gasteiger partial charge in [-0.2, -0.15) is 0 Å². The number of aliphatic hydroxyl groups excluding tert-OH is 1. The Bertz CT molecular complexity index is 284. The maximum atomic E-state index is 8.78. The van der Waals surface area contributed by atoms with Crippen LogP contribution in [0.4, 0.5) is 0 Å². The first-order valence-electron chi connectivity index (χ1n) is 10.4. The van der Waals surface area contributed by atoms with E-state index in [1.807, 2.05) is 0 Å². The number of aliphatic hydroxyl groups is 1. The highest BCUT2D eigenvalue weighted by Gasteiger charge is 2.19. The van der Waals surface area contributed by atoms with Crippen LogP contribution >= 0.6 is 0 Å². The van der Waals surface area contributed by atoms with Crippen LogP contribution in [0.1, 0.15) is 90.4 Å². The smallest absolute Gasteiger partial charge is 0.184 e. The third-order valence-electron chi connectivity index (χ3n) is 4.23. The van der Waals surface area contributed by atoms with Crippen molar-refractivity contribution in [3.8, 4) is 0 Å². The van der Waals surface area contributed by atoms with Crippen molar-refractivity contribution < 1.29 is 9.53 Å². The van der Waals surface area contributed by atoms with Crippen LogP contribution in [-0.4, -0.2) is 26.1 Å². The molecule has 0 aromatic rings. The summed E-state index contributed by atoms with van der Waals surface area (Å²) in [6, 6.07) is 0. The molecule has 0 fully saturated rings. The number of rotatable bonds is 17. The predicted octanol–water partition coefficient (Wildman–Crippen LogP) is 6.85. The quantitative estimate of drug-likeness (QED) is 0.175. The van der Waals surface area contributed by atoms with Gasteiger partial charge in [0.15, 0.2) is 8.32 Å². The van der Waals surface area contributed by atoms with Gasteiger partial charge in [0, 0.05) is 6.61 Å². The molecule has 0 aliphatic carbocycles. The zero-order chi connectivity index (χ0) is 18.1. The summed E-state index contributed by atoms with van der Waals surface area (Å²) in [4.78, 5) is 0. The fraction of sp³-hybridized carbons (Fsp3) is 0.905. The number of allylic oxidation sites excluding steroid dienone is 1. The molecule has 0 saturated heterocycles. The van der Waals surface area contributed by atoms with Gasteiger partial charge in [0.2, 0.25) is 0 Å². The molecular formula is C21H44O2Si. The molecule has 3 heteroatoms. The summed E-state index contributed by atoms with van der Waals surface area (Å²) in [5, 5.41) is 8.78. The van der Waals surface area contributed by atoms with Gasteiger partial charge in [0.25, 0.3) is 0 Å². The summed E-state index contributed by atoms with van der Waals surface area (Å²) in [7, 11) is -1.47. The predicted molar refractivity (Wildman–Crippen MR) is 110 cm³/mol. The van der Waals surface area contributed by atoms with Crippen molar-refractivity contribution in [3.63, 3.8) is 0 Å². The van der Waals surface area contributed by atoms with E-state index in [1.54, 1.807) is 0 Å². The zero-order valence-corrected chi connectivity index (χ0v) is 18.0. The molecule has 0 spiro atoms. The molecule has 0 aromatic heterocycles. The Kier molecular flexibility index (Phi) is 16.3. The average molecular weight is 357 g/mol. The van der Waals surface area contributed by atoms with Gasteiger partial charge in [-0.1, -0.05) is 76.9 Å². The lowest BCUT2D eigenvalue weighted by molar-refractivity contribution is 0.225. The van der Waals surface area contributed by atoms with Gasteiger partial charge in [-0.15, -0.1) is 0 Å². The van der Waals surface area contributed by atoms with Gasteiger partial charge in [-0.05, 0) is 45.3 Å². The third kappa shape index (κ3) is 18.2. The molecule has 0 aromatic carbocycles. The topological polar surface area (TPSA) is 29.5 Å². The van der Waals surface area contributed by atoms with E-state index in [2.05, 4.69) is 38.7 Å². The largest absolute Gasteiger partial charge is 0.411 e. The molecule has 2 nitrogen and oxygen atoms in total. The van der Waals surface area contributed by atoms with E-state index in [4.69, 9.17) is 9.53 Å². The van der Waals surface area contributed by atoms with Crippen LogP contribution in [0.5, 0.6) is 0 Å². The van der Waals surface area contributed by atoms with E-state index in [0.29, 0.717) is 12.7 Å². The molecule has 0 aliphatic rings. The van der Waals surface area contributed by atoms with Crippen molar-refractivity contribution in [1.82, 2.24) is 0 Å². The van der Waals surface area contributed by atoms with Crippen LogP contribution in [0.15, 0.2) is 12.2 Å². The molecule has 0 aliphatic heterocycles. The second kappa shape index (κ2) is 16.4. The van der Waals surface area contributed by atoms with E-state index < -0.39 is 8.32 Å². The molecular weight excluding hydrogens is 312 g/mol. The second-order valence-corrected chi connectivity index (χ2v) is 12.5. The first-order valence-corrected chi connectivity index (χ1v) is 13.9. The lowest BCUT2D eigenvalue weighted by Crippen LogP contribution is -2.31. The molecule has 0 heterocycles. The van der Waals surface area contributed by atoms with E-state index >= 15 is 0 Å². The number of unbranched alkanes of at least 4 members (excludes halogenated alkanes) is 10. The van der Waals surface area contributed by atoms with E-state index in [1.165, 1.54) is 77.0 Å². The van der Waals surface area contributed by atoms with Crippen LogP contribution in [0.2, 0.25) is 19.6 Å². The minimum absolute atomic E-state index is 0.331. The summed E-state index contributed by atoms with van der Waals surface area (Å²) in [6.07, 6.45) is 21.4. The first-order chi connectivity index (χ1) is 11.5. The van der Waals surface area contributed by atoms with Gasteiger partial charge < -0.3 is 9.53 Å². The Balaban J connectivity index is 3.89. The van der Waals surface area contributed by atoms with Crippen LogP contribution in [0.25, 0.3) is 0 Å². The fourth-order valence-electron chi connectivity index (χ4n) is 2.93. The van der Waals surface area contributed by atoms with Crippen LogP contribution < -0.4 is 0 Å². The Morgan fingerprint density at radius 2 is 1.42 bits per heavy atom. The van der Waals surface area contributed by atoms with Crippen LogP contribution in [0.3, 0.4) is 0 Å². The summed E-state index contributed by atoms with van der Waals surface area (Å²) in [6.45, 7) is 9.48. The summed E-state index contributed by atoms with van der Waals surface area (Å²) < 4.78 is 6.35. The van der Waals surface area contributed by atoms with Gasteiger partial charge in [0.05, 0.1) is 6.10 Å². The minimum atomic E-state index is -1.47. The molecule has 0 radical (unpaired) electrons. The maximum Gasteiger partial charge on any atom is 0.184 e.